The van der Waals surface area contributed by atoms with Gasteiger partial charge in [-0.05, 0) is 47.9 Å². The predicted molar refractivity (Wildman–Crippen MR) is 123 cm³/mol. The van der Waals surface area contributed by atoms with Gasteiger partial charge in [0.05, 0.1) is 7.11 Å². The van der Waals surface area contributed by atoms with Gasteiger partial charge in [0.15, 0.2) is 0 Å². The Labute approximate surface area is 188 Å². The van der Waals surface area contributed by atoms with E-state index in [1.807, 2.05) is 54.3 Å². The number of pyridine rings is 1. The van der Waals surface area contributed by atoms with Crippen molar-refractivity contribution in [1.82, 2.24) is 14.8 Å². The molecule has 1 fully saturated rings. The summed E-state index contributed by atoms with van der Waals surface area (Å²) in [5, 5.41) is 0. The Bertz CT molecular complexity index is 1080. The van der Waals surface area contributed by atoms with E-state index in [0.29, 0.717) is 31.7 Å². The van der Waals surface area contributed by atoms with E-state index in [1.54, 1.807) is 36.4 Å². The number of rotatable bonds is 6. The molecule has 6 nitrogen and oxygen atoms in total. The van der Waals surface area contributed by atoms with Crippen molar-refractivity contribution in [3.8, 4) is 16.9 Å². The minimum absolute atomic E-state index is 0.0159. The van der Waals surface area contributed by atoms with Gasteiger partial charge in [-0.25, -0.2) is 0 Å². The van der Waals surface area contributed by atoms with Crippen LogP contribution in [-0.4, -0.2) is 59.4 Å². The molecule has 1 saturated heterocycles. The van der Waals surface area contributed by atoms with Crippen LogP contribution in [0.1, 0.15) is 23.0 Å². The van der Waals surface area contributed by atoms with Crippen LogP contribution in [0, 0.1) is 0 Å². The quantitative estimate of drug-likeness (QED) is 0.600. The van der Waals surface area contributed by atoms with Gasteiger partial charge >= 0.3 is 0 Å². The fourth-order valence-corrected chi connectivity index (χ4v) is 4.11. The van der Waals surface area contributed by atoms with Crippen molar-refractivity contribution in [3.05, 3.63) is 84.2 Å². The molecule has 0 aliphatic carbocycles. The Balaban J connectivity index is 1.61. The van der Waals surface area contributed by atoms with Crippen molar-refractivity contribution in [2.75, 3.05) is 26.7 Å². The average molecular weight is 430 g/mol. The van der Waals surface area contributed by atoms with E-state index in [0.717, 1.165) is 22.4 Å². The number of nitrogens with zero attached hydrogens (tertiary/aromatic N) is 3. The van der Waals surface area contributed by atoms with Crippen LogP contribution in [0.2, 0.25) is 0 Å². The highest BCUT2D eigenvalue weighted by molar-refractivity contribution is 5.97. The fraction of sp³-hybridized carbons (Fsp3) is 0.269. The van der Waals surface area contributed by atoms with Gasteiger partial charge in [0.1, 0.15) is 17.5 Å². The van der Waals surface area contributed by atoms with Crippen LogP contribution in [-0.2, 0) is 11.2 Å². The highest BCUT2D eigenvalue weighted by Gasteiger charge is 2.37. The molecule has 0 N–H and O–H groups in total. The largest absolute Gasteiger partial charge is 0.497 e. The second-order valence-electron chi connectivity index (χ2n) is 7.78. The first-order valence-corrected chi connectivity index (χ1v) is 10.8. The normalized spacial score (nSPS) is 16.2. The monoisotopic (exact) mass is 429 g/mol. The van der Waals surface area contributed by atoms with Gasteiger partial charge < -0.3 is 14.5 Å². The number of hydrogen-bond donors (Lipinski definition) is 0. The van der Waals surface area contributed by atoms with Gasteiger partial charge in [-0.3, -0.25) is 14.6 Å². The molecule has 0 radical (unpaired) electrons. The van der Waals surface area contributed by atoms with Crippen LogP contribution in [0.25, 0.3) is 11.1 Å². The van der Waals surface area contributed by atoms with Gasteiger partial charge in [-0.2, -0.15) is 0 Å². The zero-order valence-corrected chi connectivity index (χ0v) is 18.4. The van der Waals surface area contributed by atoms with Crippen molar-refractivity contribution in [2.24, 2.45) is 0 Å². The van der Waals surface area contributed by atoms with Crippen molar-refractivity contribution in [1.29, 1.82) is 0 Å². The highest BCUT2D eigenvalue weighted by atomic mass is 16.5. The molecule has 0 bridgehead atoms. The second-order valence-corrected chi connectivity index (χ2v) is 7.78. The number of aromatic nitrogens is 1. The molecule has 6 heteroatoms. The number of piperazine rings is 1. The Morgan fingerprint density at radius 3 is 2.53 bits per heavy atom. The summed E-state index contributed by atoms with van der Waals surface area (Å²) in [6.07, 6.45) is 2.06. The lowest BCUT2D eigenvalue weighted by Crippen LogP contribution is -2.59. The Morgan fingerprint density at radius 1 is 1.03 bits per heavy atom. The maximum Gasteiger partial charge on any atom is 0.273 e. The third-order valence-electron chi connectivity index (χ3n) is 5.89. The molecular weight excluding hydrogens is 402 g/mol. The molecule has 32 heavy (non-hydrogen) atoms. The van der Waals surface area contributed by atoms with Crippen LogP contribution in [0.15, 0.2) is 72.9 Å². The van der Waals surface area contributed by atoms with Gasteiger partial charge in [0.25, 0.3) is 5.91 Å². The zero-order valence-electron chi connectivity index (χ0n) is 18.4. The third kappa shape index (κ3) is 4.49. The molecule has 0 saturated carbocycles. The number of amides is 2. The highest BCUT2D eigenvalue weighted by Crippen LogP contribution is 2.25. The maximum atomic E-state index is 13.2. The first-order valence-electron chi connectivity index (χ1n) is 10.8. The summed E-state index contributed by atoms with van der Waals surface area (Å²) >= 11 is 0. The van der Waals surface area contributed by atoms with Gasteiger partial charge in [-0.1, -0.05) is 42.5 Å². The summed E-state index contributed by atoms with van der Waals surface area (Å²) in [4.78, 5) is 34.1. The molecule has 2 heterocycles. The van der Waals surface area contributed by atoms with Crippen LogP contribution < -0.4 is 4.74 Å². The van der Waals surface area contributed by atoms with Crippen LogP contribution in [0.4, 0.5) is 0 Å². The molecule has 164 valence electrons. The van der Waals surface area contributed by atoms with E-state index in [9.17, 15) is 9.59 Å². The van der Waals surface area contributed by atoms with E-state index >= 15 is 0 Å². The maximum absolute atomic E-state index is 13.2. The number of methoxy groups -OCH3 is 1. The molecule has 1 aliphatic rings. The van der Waals surface area contributed by atoms with Crippen molar-refractivity contribution >= 4 is 11.8 Å². The second kappa shape index (κ2) is 9.64. The number of carbonyl (C=O) groups is 2. The standard InChI is InChI=1S/C26H27N3O3/c1-3-28-15-16-29(25(30)23-9-4-5-14-27-23)24(26(28)31)18-19-7-6-8-21(17-19)20-10-12-22(32-2)13-11-20/h4-14,17,24H,3,15-16,18H2,1-2H3. The summed E-state index contributed by atoms with van der Waals surface area (Å²) < 4.78 is 5.25. The van der Waals surface area contributed by atoms with E-state index < -0.39 is 6.04 Å². The van der Waals surface area contributed by atoms with Crippen LogP contribution in [0.5, 0.6) is 5.75 Å². The summed E-state index contributed by atoms with van der Waals surface area (Å²) in [5.74, 6) is 0.588. The molecule has 1 aromatic heterocycles. The molecular formula is C26H27N3O3. The van der Waals surface area contributed by atoms with Crippen LogP contribution in [0.3, 0.4) is 0 Å². The van der Waals surface area contributed by atoms with Gasteiger partial charge in [-0.15, -0.1) is 0 Å². The molecule has 3 aromatic rings. The van der Waals surface area contributed by atoms with Crippen molar-refractivity contribution in [3.63, 3.8) is 0 Å². The van der Waals surface area contributed by atoms with E-state index in [-0.39, 0.29) is 11.8 Å². The minimum Gasteiger partial charge on any atom is -0.497 e. The molecule has 2 amide bonds. The lowest BCUT2D eigenvalue weighted by molar-refractivity contribution is -0.139. The number of hydrogen-bond acceptors (Lipinski definition) is 4. The first-order chi connectivity index (χ1) is 15.6. The predicted octanol–water partition coefficient (Wildman–Crippen LogP) is 3.67. The van der Waals surface area contributed by atoms with E-state index in [4.69, 9.17) is 4.74 Å². The smallest absolute Gasteiger partial charge is 0.273 e. The molecule has 0 spiro atoms. The average Bonchev–Trinajstić information content (AvgIpc) is 2.85. The lowest BCUT2D eigenvalue weighted by Gasteiger charge is -2.40. The number of ether oxygens (including phenoxy) is 1. The number of likely N-dealkylation sites (N-methyl/N-ethyl adjacent to an activating group) is 1. The van der Waals surface area contributed by atoms with Gasteiger partial charge in [0.2, 0.25) is 5.91 Å². The Hall–Kier alpha value is -3.67. The van der Waals surface area contributed by atoms with Crippen LogP contribution >= 0.6 is 0 Å². The molecule has 1 atom stereocenters. The SMILES string of the molecule is CCN1CCN(C(=O)c2ccccn2)C(Cc2cccc(-c3ccc(OC)cc3)c2)C1=O. The first kappa shape index (κ1) is 21.6. The van der Waals surface area contributed by atoms with E-state index in [1.165, 1.54) is 0 Å². The summed E-state index contributed by atoms with van der Waals surface area (Å²) in [6, 6.07) is 20.7. The zero-order chi connectivity index (χ0) is 22.5. The van der Waals surface area contributed by atoms with E-state index in [2.05, 4.69) is 11.1 Å². The molecule has 2 aromatic carbocycles. The van der Waals surface area contributed by atoms with Gasteiger partial charge in [0, 0.05) is 32.3 Å². The molecule has 1 unspecified atom stereocenters. The number of carbonyl (C=O) groups excluding carboxylic acids is 2. The summed E-state index contributed by atoms with van der Waals surface area (Å²) in [5.41, 5.74) is 3.50. The Kier molecular flexibility index (Phi) is 6.50. The fourth-order valence-electron chi connectivity index (χ4n) is 4.11. The van der Waals surface area contributed by atoms with Crippen molar-refractivity contribution < 1.29 is 14.3 Å². The molecule has 4 rings (SSSR count). The minimum atomic E-state index is -0.552. The number of benzene rings is 2. The lowest BCUT2D eigenvalue weighted by atomic mass is 9.97. The third-order valence-corrected chi connectivity index (χ3v) is 5.89. The Morgan fingerprint density at radius 2 is 1.84 bits per heavy atom. The summed E-state index contributed by atoms with van der Waals surface area (Å²) in [6.45, 7) is 3.64. The van der Waals surface area contributed by atoms with Crippen molar-refractivity contribution in [2.45, 2.75) is 19.4 Å². The topological polar surface area (TPSA) is 62.7 Å². The summed E-state index contributed by atoms with van der Waals surface area (Å²) in [7, 11) is 1.65. The molecule has 1 aliphatic heterocycles.